The van der Waals surface area contributed by atoms with Crippen molar-refractivity contribution in [1.82, 2.24) is 9.62 Å². The van der Waals surface area contributed by atoms with Crippen molar-refractivity contribution in [2.45, 2.75) is 30.6 Å². The zero-order valence-electron chi connectivity index (χ0n) is 18.0. The first-order valence-corrected chi connectivity index (χ1v) is 12.1. The van der Waals surface area contributed by atoms with E-state index < -0.39 is 51.0 Å². The molecule has 0 aliphatic carbocycles. The topological polar surface area (TPSA) is 92.8 Å². The zero-order chi connectivity index (χ0) is 23.8. The molecule has 0 saturated carbocycles. The van der Waals surface area contributed by atoms with Crippen LogP contribution in [-0.4, -0.2) is 50.8 Å². The van der Waals surface area contributed by atoms with E-state index in [9.17, 15) is 26.8 Å². The Morgan fingerprint density at radius 3 is 2.45 bits per heavy atom. The Bertz CT molecular complexity index is 1070. The molecule has 1 fully saturated rings. The molecule has 1 aliphatic rings. The van der Waals surface area contributed by atoms with Gasteiger partial charge in [0.25, 0.3) is 5.91 Å². The molecule has 178 valence electrons. The molecule has 0 spiro atoms. The summed E-state index contributed by atoms with van der Waals surface area (Å²) >= 11 is 0. The Balaban J connectivity index is 1.39. The van der Waals surface area contributed by atoms with Crippen LogP contribution in [0, 0.1) is 17.6 Å². The summed E-state index contributed by atoms with van der Waals surface area (Å²) in [7, 11) is -4.22. The summed E-state index contributed by atoms with van der Waals surface area (Å²) in [6.07, 6.45) is 1.89. The van der Waals surface area contributed by atoms with E-state index in [0.717, 1.165) is 29.3 Å². The van der Waals surface area contributed by atoms with E-state index in [4.69, 9.17) is 4.74 Å². The van der Waals surface area contributed by atoms with Crippen molar-refractivity contribution in [2.24, 2.45) is 5.92 Å². The summed E-state index contributed by atoms with van der Waals surface area (Å²) in [5, 5.41) is 2.70. The fraction of sp³-hybridized carbons (Fsp3) is 0.391. The SMILES string of the molecule is O=C(COC(=O)C1CCN(S(=O)(=O)c2cc(F)ccc2F)CC1)NCCCc1ccccc1. The average molecular weight is 481 g/mol. The maximum atomic E-state index is 13.9. The number of hydrogen-bond acceptors (Lipinski definition) is 5. The molecule has 7 nitrogen and oxygen atoms in total. The van der Waals surface area contributed by atoms with Gasteiger partial charge in [0.15, 0.2) is 6.61 Å². The minimum atomic E-state index is -4.22. The van der Waals surface area contributed by atoms with Crippen molar-refractivity contribution in [1.29, 1.82) is 0 Å². The van der Waals surface area contributed by atoms with Crippen molar-refractivity contribution in [2.75, 3.05) is 26.2 Å². The van der Waals surface area contributed by atoms with Crippen molar-refractivity contribution >= 4 is 21.9 Å². The summed E-state index contributed by atoms with van der Waals surface area (Å²) in [5.41, 5.74) is 1.17. The van der Waals surface area contributed by atoms with E-state index in [-0.39, 0.29) is 25.9 Å². The number of hydrogen-bond donors (Lipinski definition) is 1. The highest BCUT2D eigenvalue weighted by Gasteiger charge is 2.34. The highest BCUT2D eigenvalue weighted by molar-refractivity contribution is 7.89. The van der Waals surface area contributed by atoms with Crippen LogP contribution in [0.1, 0.15) is 24.8 Å². The zero-order valence-corrected chi connectivity index (χ0v) is 18.8. The van der Waals surface area contributed by atoms with Crippen LogP contribution in [0.4, 0.5) is 8.78 Å². The molecule has 33 heavy (non-hydrogen) atoms. The van der Waals surface area contributed by atoms with Gasteiger partial charge in [-0.3, -0.25) is 9.59 Å². The van der Waals surface area contributed by atoms with Gasteiger partial charge in [-0.15, -0.1) is 0 Å². The molecular formula is C23H26F2N2O5S. The number of ether oxygens (including phenoxy) is 1. The molecule has 1 amide bonds. The summed E-state index contributed by atoms with van der Waals surface area (Å²) < 4.78 is 58.6. The predicted octanol–water partition coefficient (Wildman–Crippen LogP) is 2.66. The minimum Gasteiger partial charge on any atom is -0.455 e. The lowest BCUT2D eigenvalue weighted by Crippen LogP contribution is -2.41. The molecule has 0 bridgehead atoms. The highest BCUT2D eigenvalue weighted by Crippen LogP contribution is 2.26. The van der Waals surface area contributed by atoms with Gasteiger partial charge in [-0.05, 0) is 49.4 Å². The molecule has 3 rings (SSSR count). The molecule has 1 saturated heterocycles. The van der Waals surface area contributed by atoms with Crippen LogP contribution in [0.25, 0.3) is 0 Å². The molecule has 0 unspecified atom stereocenters. The largest absolute Gasteiger partial charge is 0.455 e. The molecular weight excluding hydrogens is 454 g/mol. The Morgan fingerprint density at radius 1 is 1.06 bits per heavy atom. The van der Waals surface area contributed by atoms with E-state index >= 15 is 0 Å². The molecule has 2 aromatic rings. The second kappa shape index (κ2) is 11.3. The van der Waals surface area contributed by atoms with E-state index in [2.05, 4.69) is 5.32 Å². The van der Waals surface area contributed by atoms with Crippen LogP contribution < -0.4 is 5.32 Å². The number of aryl methyl sites for hydroxylation is 1. The Labute approximate surface area is 191 Å². The van der Waals surface area contributed by atoms with Gasteiger partial charge < -0.3 is 10.1 Å². The van der Waals surface area contributed by atoms with E-state index in [1.807, 2.05) is 30.3 Å². The number of nitrogens with zero attached hydrogens (tertiary/aromatic N) is 1. The summed E-state index contributed by atoms with van der Waals surface area (Å²) in [6.45, 7) is -0.0250. The molecule has 1 aliphatic heterocycles. The number of esters is 1. The fourth-order valence-electron chi connectivity index (χ4n) is 3.62. The Hall–Kier alpha value is -2.85. The minimum absolute atomic E-state index is 0.0380. The highest BCUT2D eigenvalue weighted by atomic mass is 32.2. The van der Waals surface area contributed by atoms with Gasteiger partial charge in [0, 0.05) is 19.6 Å². The third kappa shape index (κ3) is 6.82. The predicted molar refractivity (Wildman–Crippen MR) is 117 cm³/mol. The van der Waals surface area contributed by atoms with Crippen LogP contribution in [0.3, 0.4) is 0 Å². The van der Waals surface area contributed by atoms with E-state index in [1.165, 1.54) is 5.56 Å². The second-order valence-electron chi connectivity index (χ2n) is 7.80. The average Bonchev–Trinajstić information content (AvgIpc) is 2.82. The third-order valence-electron chi connectivity index (χ3n) is 5.45. The van der Waals surface area contributed by atoms with Crippen molar-refractivity contribution in [3.8, 4) is 0 Å². The third-order valence-corrected chi connectivity index (χ3v) is 7.36. The summed E-state index contributed by atoms with van der Waals surface area (Å²) in [6, 6.07) is 12.1. The maximum absolute atomic E-state index is 13.9. The molecule has 1 heterocycles. The van der Waals surface area contributed by atoms with Gasteiger partial charge >= 0.3 is 5.97 Å². The van der Waals surface area contributed by atoms with Gasteiger partial charge in [-0.1, -0.05) is 30.3 Å². The quantitative estimate of drug-likeness (QED) is 0.440. The van der Waals surface area contributed by atoms with Crippen LogP contribution in [-0.2, 0) is 30.8 Å². The summed E-state index contributed by atoms with van der Waals surface area (Å²) in [4.78, 5) is 23.4. The molecule has 10 heteroatoms. The number of rotatable bonds is 9. The monoisotopic (exact) mass is 480 g/mol. The lowest BCUT2D eigenvalue weighted by molar-refractivity contribution is -0.153. The van der Waals surface area contributed by atoms with Gasteiger partial charge in [0.1, 0.15) is 16.5 Å². The lowest BCUT2D eigenvalue weighted by Gasteiger charge is -2.30. The van der Waals surface area contributed by atoms with Gasteiger partial charge in [-0.2, -0.15) is 4.31 Å². The van der Waals surface area contributed by atoms with Crippen LogP contribution in [0.15, 0.2) is 53.4 Å². The molecule has 2 aromatic carbocycles. The molecule has 0 radical (unpaired) electrons. The maximum Gasteiger partial charge on any atom is 0.309 e. The summed E-state index contributed by atoms with van der Waals surface area (Å²) in [5.74, 6) is -3.44. The lowest BCUT2D eigenvalue weighted by atomic mass is 9.98. The molecule has 0 aromatic heterocycles. The molecule has 0 atom stereocenters. The van der Waals surface area contributed by atoms with Gasteiger partial charge in [0.2, 0.25) is 10.0 Å². The van der Waals surface area contributed by atoms with E-state index in [0.29, 0.717) is 12.6 Å². The number of sulfonamides is 1. The first-order chi connectivity index (χ1) is 15.8. The first-order valence-electron chi connectivity index (χ1n) is 10.7. The number of amides is 1. The van der Waals surface area contributed by atoms with Crippen molar-refractivity contribution in [3.63, 3.8) is 0 Å². The van der Waals surface area contributed by atoms with E-state index in [1.54, 1.807) is 0 Å². The fourth-order valence-corrected chi connectivity index (χ4v) is 5.16. The molecule has 1 N–H and O–H groups in total. The number of benzene rings is 2. The number of carbonyl (C=O) groups excluding carboxylic acids is 2. The second-order valence-corrected chi connectivity index (χ2v) is 9.71. The van der Waals surface area contributed by atoms with Gasteiger partial charge in [0.05, 0.1) is 5.92 Å². The smallest absolute Gasteiger partial charge is 0.309 e. The Kier molecular flexibility index (Phi) is 8.51. The van der Waals surface area contributed by atoms with Gasteiger partial charge in [-0.25, -0.2) is 17.2 Å². The van der Waals surface area contributed by atoms with Crippen LogP contribution in [0.5, 0.6) is 0 Å². The van der Waals surface area contributed by atoms with Crippen LogP contribution in [0.2, 0.25) is 0 Å². The number of halogens is 2. The number of piperidine rings is 1. The van der Waals surface area contributed by atoms with Crippen molar-refractivity contribution < 1.29 is 31.5 Å². The Morgan fingerprint density at radius 2 is 1.76 bits per heavy atom. The van der Waals surface area contributed by atoms with Crippen LogP contribution >= 0.6 is 0 Å². The normalized spacial score (nSPS) is 15.2. The number of carbonyl (C=O) groups is 2. The van der Waals surface area contributed by atoms with Crippen molar-refractivity contribution in [3.05, 3.63) is 65.7 Å². The number of nitrogens with one attached hydrogen (secondary N) is 1. The standard InChI is InChI=1S/C23H26F2N2O5S/c24-19-8-9-20(25)21(15-19)33(30,31)27-13-10-18(11-14-27)23(29)32-16-22(28)26-12-4-7-17-5-2-1-3-6-17/h1-3,5-6,8-9,15,18H,4,7,10-14,16H2,(H,26,28). The first kappa shape index (κ1) is 24.8.